The molecule has 0 saturated heterocycles. The highest BCUT2D eigenvalue weighted by molar-refractivity contribution is 6.16. The summed E-state index contributed by atoms with van der Waals surface area (Å²) in [6.45, 7) is -0.267. The maximum absolute atomic E-state index is 13.5. The molecule has 0 saturated carbocycles. The number of aliphatic hydroxyl groups is 1. The molecule has 4 aromatic rings. The van der Waals surface area contributed by atoms with Gasteiger partial charge in [0.1, 0.15) is 5.58 Å². The number of rotatable bonds is 5. The smallest absolute Gasteiger partial charge is 0.416 e. The Kier molecular flexibility index (Phi) is 5.39. The summed E-state index contributed by atoms with van der Waals surface area (Å²) >= 11 is 0. The maximum atomic E-state index is 13.5. The summed E-state index contributed by atoms with van der Waals surface area (Å²) in [4.78, 5) is 31.7. The van der Waals surface area contributed by atoms with E-state index in [2.05, 4.69) is 4.98 Å². The number of fused-ring (bicyclic) bond motifs is 1. The van der Waals surface area contributed by atoms with Crippen LogP contribution in [0.4, 0.5) is 13.2 Å². The zero-order valence-corrected chi connectivity index (χ0v) is 18.0. The van der Waals surface area contributed by atoms with Crippen molar-refractivity contribution in [2.24, 2.45) is 0 Å². The first-order valence-corrected chi connectivity index (χ1v) is 10.6. The summed E-state index contributed by atoms with van der Waals surface area (Å²) < 4.78 is 45.3. The van der Waals surface area contributed by atoms with Crippen LogP contribution in [0.3, 0.4) is 0 Å². The Hall–Kier alpha value is -4.40. The number of benzene rings is 2. The van der Waals surface area contributed by atoms with Gasteiger partial charge in [0, 0.05) is 24.3 Å². The number of aromatic nitrogens is 1. The molecule has 1 aliphatic heterocycles. The number of hydrogen-bond acceptors (Lipinski definition) is 5. The van der Waals surface area contributed by atoms with Gasteiger partial charge in [0.2, 0.25) is 5.78 Å². The third-order valence-electron chi connectivity index (χ3n) is 5.83. The van der Waals surface area contributed by atoms with Crippen LogP contribution in [0.25, 0.3) is 11.0 Å². The predicted octanol–water partition coefficient (Wildman–Crippen LogP) is 5.63. The van der Waals surface area contributed by atoms with E-state index in [4.69, 9.17) is 4.42 Å². The molecule has 0 fully saturated rings. The van der Waals surface area contributed by atoms with Crippen LogP contribution in [-0.4, -0.2) is 26.7 Å². The van der Waals surface area contributed by atoms with Gasteiger partial charge in [-0.1, -0.05) is 30.3 Å². The summed E-state index contributed by atoms with van der Waals surface area (Å²) in [5.41, 5.74) is 0.0351. The van der Waals surface area contributed by atoms with E-state index in [9.17, 15) is 27.9 Å². The van der Waals surface area contributed by atoms with Crippen molar-refractivity contribution in [3.63, 3.8) is 0 Å². The van der Waals surface area contributed by atoms with Gasteiger partial charge < -0.3 is 14.4 Å². The number of carbonyl (C=O) groups is 2. The zero-order valence-electron chi connectivity index (χ0n) is 18.0. The van der Waals surface area contributed by atoms with Gasteiger partial charge >= 0.3 is 6.18 Å². The number of ketones is 1. The average Bonchev–Trinajstić information content (AvgIpc) is 3.39. The molecule has 5 rings (SSSR count). The number of para-hydroxylation sites is 1. The van der Waals surface area contributed by atoms with Crippen molar-refractivity contribution in [1.29, 1.82) is 0 Å². The molecule has 35 heavy (non-hydrogen) atoms. The van der Waals surface area contributed by atoms with Crippen LogP contribution in [0.2, 0.25) is 0 Å². The van der Waals surface area contributed by atoms with E-state index >= 15 is 0 Å². The van der Waals surface area contributed by atoms with Gasteiger partial charge in [-0.05, 0) is 47.5 Å². The first kappa shape index (κ1) is 22.4. The quantitative estimate of drug-likeness (QED) is 0.376. The largest absolute Gasteiger partial charge is 0.503 e. The van der Waals surface area contributed by atoms with Gasteiger partial charge in [-0.25, -0.2) is 0 Å². The highest BCUT2D eigenvalue weighted by Crippen LogP contribution is 2.40. The number of amides is 1. The van der Waals surface area contributed by atoms with Gasteiger partial charge in [-0.2, -0.15) is 13.2 Å². The van der Waals surface area contributed by atoms with Crippen molar-refractivity contribution < 1.29 is 32.3 Å². The Labute approximate surface area is 196 Å². The van der Waals surface area contributed by atoms with Crippen molar-refractivity contribution in [2.45, 2.75) is 18.8 Å². The Balaban J connectivity index is 1.57. The minimum atomic E-state index is -4.56. The van der Waals surface area contributed by atoms with E-state index in [0.29, 0.717) is 16.5 Å². The molecule has 1 N–H and O–H groups in total. The lowest BCUT2D eigenvalue weighted by Gasteiger charge is -2.27. The Bertz CT molecular complexity index is 1440. The zero-order chi connectivity index (χ0) is 24.7. The fourth-order valence-electron chi connectivity index (χ4n) is 4.21. The maximum Gasteiger partial charge on any atom is 0.416 e. The van der Waals surface area contributed by atoms with Crippen LogP contribution in [0, 0.1) is 0 Å². The molecule has 2 aromatic carbocycles. The molecular formula is C26H17F3N2O4. The van der Waals surface area contributed by atoms with Gasteiger partial charge in [0.05, 0.1) is 17.2 Å². The molecule has 0 spiro atoms. The summed E-state index contributed by atoms with van der Waals surface area (Å²) in [6.07, 6.45) is -1.64. The second-order valence-corrected chi connectivity index (χ2v) is 8.05. The van der Waals surface area contributed by atoms with Crippen molar-refractivity contribution in [3.05, 3.63) is 113 Å². The molecule has 0 radical (unpaired) electrons. The lowest BCUT2D eigenvalue weighted by atomic mass is 9.95. The summed E-state index contributed by atoms with van der Waals surface area (Å²) in [7, 11) is 0. The topological polar surface area (TPSA) is 83.6 Å². The Morgan fingerprint density at radius 1 is 1.03 bits per heavy atom. The van der Waals surface area contributed by atoms with Gasteiger partial charge in [-0.15, -0.1) is 0 Å². The van der Waals surface area contributed by atoms with Crippen molar-refractivity contribution in [1.82, 2.24) is 9.88 Å². The lowest BCUT2D eigenvalue weighted by Crippen LogP contribution is -2.30. The molecule has 176 valence electrons. The number of nitrogens with zero attached hydrogens (tertiary/aromatic N) is 2. The molecular weight excluding hydrogens is 461 g/mol. The average molecular weight is 478 g/mol. The van der Waals surface area contributed by atoms with Crippen LogP contribution in [-0.2, 0) is 17.5 Å². The first-order chi connectivity index (χ1) is 16.7. The number of hydrogen-bond donors (Lipinski definition) is 1. The lowest BCUT2D eigenvalue weighted by molar-refractivity contribution is -0.137. The summed E-state index contributed by atoms with van der Waals surface area (Å²) in [5, 5.41) is 11.4. The Morgan fingerprint density at radius 3 is 2.49 bits per heavy atom. The van der Waals surface area contributed by atoms with Crippen molar-refractivity contribution in [3.8, 4) is 0 Å². The van der Waals surface area contributed by atoms with Crippen molar-refractivity contribution in [2.75, 3.05) is 0 Å². The van der Waals surface area contributed by atoms with E-state index in [1.54, 1.807) is 36.4 Å². The fourth-order valence-corrected chi connectivity index (χ4v) is 4.21. The Morgan fingerprint density at radius 2 is 1.77 bits per heavy atom. The normalized spacial score (nSPS) is 16.4. The van der Waals surface area contributed by atoms with Crippen LogP contribution < -0.4 is 0 Å². The molecule has 2 aromatic heterocycles. The standard InChI is InChI=1S/C26H17F3N2O4/c27-26(28,29)18-6-3-4-15(12-18)14-31-22(16-8-10-30-11-9-16)21(24(33)25(31)34)23(32)20-13-17-5-1-2-7-19(17)35-20/h1-13,22,33H,14H2. The van der Waals surface area contributed by atoms with Crippen LogP contribution in [0.5, 0.6) is 0 Å². The van der Waals surface area contributed by atoms with Gasteiger partial charge in [0.25, 0.3) is 5.91 Å². The monoisotopic (exact) mass is 478 g/mol. The minimum absolute atomic E-state index is 0.0690. The highest BCUT2D eigenvalue weighted by Gasteiger charge is 2.44. The van der Waals surface area contributed by atoms with Crippen LogP contribution >= 0.6 is 0 Å². The third kappa shape index (κ3) is 4.05. The summed E-state index contributed by atoms with van der Waals surface area (Å²) in [6, 6.07) is 15.1. The second kappa shape index (κ2) is 8.43. The van der Waals surface area contributed by atoms with E-state index < -0.39 is 35.2 Å². The molecule has 9 heteroatoms. The van der Waals surface area contributed by atoms with Crippen molar-refractivity contribution >= 4 is 22.7 Å². The van der Waals surface area contributed by atoms with E-state index in [0.717, 1.165) is 17.0 Å². The number of carbonyl (C=O) groups excluding carboxylic acids is 2. The van der Waals surface area contributed by atoms with E-state index in [1.807, 2.05) is 0 Å². The molecule has 0 aliphatic carbocycles. The number of halogens is 3. The van der Waals surface area contributed by atoms with E-state index in [1.165, 1.54) is 30.6 Å². The minimum Gasteiger partial charge on any atom is -0.503 e. The third-order valence-corrected chi connectivity index (χ3v) is 5.83. The second-order valence-electron chi connectivity index (χ2n) is 8.05. The molecule has 0 bridgehead atoms. The molecule has 6 nitrogen and oxygen atoms in total. The number of pyridine rings is 1. The number of alkyl halides is 3. The van der Waals surface area contributed by atoms with Gasteiger partial charge in [0.15, 0.2) is 11.5 Å². The summed E-state index contributed by atoms with van der Waals surface area (Å²) in [5.74, 6) is -2.41. The molecule has 1 aliphatic rings. The fraction of sp³-hybridized carbons (Fsp3) is 0.115. The first-order valence-electron chi connectivity index (χ1n) is 10.6. The molecule has 1 atom stereocenters. The predicted molar refractivity (Wildman–Crippen MR) is 119 cm³/mol. The molecule has 1 unspecified atom stereocenters. The molecule has 3 heterocycles. The molecule has 1 amide bonds. The number of Topliss-reactive ketones (excluding diaryl/α,β-unsaturated/α-hetero) is 1. The number of aliphatic hydroxyl groups excluding tert-OH is 1. The van der Waals surface area contributed by atoms with Gasteiger partial charge in [-0.3, -0.25) is 14.6 Å². The van der Waals surface area contributed by atoms with Crippen LogP contribution in [0.1, 0.15) is 33.3 Å². The SMILES string of the molecule is O=C(C1=C(O)C(=O)N(Cc2cccc(C(F)(F)F)c2)C1c1ccncc1)c1cc2ccccc2o1. The van der Waals surface area contributed by atoms with E-state index in [-0.39, 0.29) is 23.4 Å². The number of furan rings is 1. The highest BCUT2D eigenvalue weighted by atomic mass is 19.4. The van der Waals surface area contributed by atoms with Crippen LogP contribution in [0.15, 0.2) is 94.9 Å².